The van der Waals surface area contributed by atoms with Gasteiger partial charge in [0.15, 0.2) is 6.10 Å². The third-order valence-electron chi connectivity index (χ3n) is 15.2. The summed E-state index contributed by atoms with van der Waals surface area (Å²) >= 11 is 0. The first-order chi connectivity index (χ1) is 39.0. The predicted octanol–water partition coefficient (Wildman–Crippen LogP) is 23.7. The van der Waals surface area contributed by atoms with E-state index in [4.69, 9.17) is 14.2 Å². The van der Waals surface area contributed by atoms with E-state index in [1.54, 1.807) is 0 Å². The summed E-state index contributed by atoms with van der Waals surface area (Å²) in [5, 5.41) is 0. The predicted molar refractivity (Wildman–Crippen MR) is 344 cm³/mol. The summed E-state index contributed by atoms with van der Waals surface area (Å²) in [5.41, 5.74) is 0. The Morgan fingerprint density at radius 3 is 0.785 bits per heavy atom. The van der Waals surface area contributed by atoms with Gasteiger partial charge in [-0.1, -0.05) is 318 Å². The lowest BCUT2D eigenvalue weighted by molar-refractivity contribution is -0.167. The molecule has 0 radical (unpaired) electrons. The van der Waals surface area contributed by atoms with Crippen molar-refractivity contribution >= 4 is 17.9 Å². The van der Waals surface area contributed by atoms with Gasteiger partial charge in [-0.05, 0) is 89.9 Å². The third kappa shape index (κ3) is 65.5. The number of carbonyl (C=O) groups excluding carboxylic acids is 3. The summed E-state index contributed by atoms with van der Waals surface area (Å²) in [6.45, 7) is 6.58. The molecule has 0 heterocycles. The van der Waals surface area contributed by atoms with Crippen LogP contribution in [0, 0.1) is 0 Å². The van der Waals surface area contributed by atoms with Crippen LogP contribution in [0.3, 0.4) is 0 Å². The van der Waals surface area contributed by atoms with Crippen LogP contribution in [0.15, 0.2) is 72.9 Å². The zero-order chi connectivity index (χ0) is 57.1. The van der Waals surface area contributed by atoms with Crippen LogP contribution in [0.5, 0.6) is 0 Å². The summed E-state index contributed by atoms with van der Waals surface area (Å²) in [6.07, 6.45) is 87.7. The molecule has 0 aromatic rings. The summed E-state index contributed by atoms with van der Waals surface area (Å²) in [4.78, 5) is 38.4. The molecule has 0 saturated heterocycles. The molecule has 0 aliphatic rings. The van der Waals surface area contributed by atoms with Crippen molar-refractivity contribution < 1.29 is 28.6 Å². The van der Waals surface area contributed by atoms with Crippen LogP contribution >= 0.6 is 0 Å². The molecule has 0 aliphatic carbocycles. The maximum absolute atomic E-state index is 12.9. The van der Waals surface area contributed by atoms with Crippen molar-refractivity contribution in [2.75, 3.05) is 13.2 Å². The van der Waals surface area contributed by atoms with Crippen LogP contribution in [-0.2, 0) is 28.6 Å². The standard InChI is InChI=1S/C73H130O6/c1-4-7-10-13-16-19-22-25-28-31-33-34-35-36-37-38-39-40-41-43-45-48-51-54-57-60-63-66-72(75)78-69-70(68-77-71(74)65-62-59-56-53-50-47-44-30-27-24-21-18-15-12-9-6-3)79-73(76)67-64-61-58-55-52-49-46-42-32-29-26-23-20-17-14-11-8-5-2/h7,10,16,19,25,28-29,32-34,36-37,70H,4-6,8-9,11-15,17-18,20-24,26-27,30-31,35,38-69H2,1-3H3/b10-7-,19-16-,28-25-,32-29-,34-33-,37-36-. The number of esters is 3. The van der Waals surface area contributed by atoms with Crippen LogP contribution in [-0.4, -0.2) is 37.2 Å². The number of ether oxygens (including phenoxy) is 3. The van der Waals surface area contributed by atoms with E-state index in [1.165, 1.54) is 225 Å². The minimum Gasteiger partial charge on any atom is -0.462 e. The van der Waals surface area contributed by atoms with E-state index in [1.807, 2.05) is 0 Å². The highest BCUT2D eigenvalue weighted by atomic mass is 16.6. The molecular weight excluding hydrogens is 973 g/mol. The molecule has 0 fully saturated rings. The largest absolute Gasteiger partial charge is 0.462 e. The third-order valence-corrected chi connectivity index (χ3v) is 15.2. The SMILES string of the molecule is CC/C=C\C/C=C\C/C=C\C/C=C\C/C=C\CCCCCCCCCCCCCC(=O)OCC(COC(=O)CCCCCCCCCCCCCCCCCC)OC(=O)CCCCCCCCC/C=C\CCCCCCCCC. The van der Waals surface area contributed by atoms with Crippen molar-refractivity contribution in [3.05, 3.63) is 72.9 Å². The normalized spacial score (nSPS) is 12.5. The van der Waals surface area contributed by atoms with Crippen LogP contribution in [0.2, 0.25) is 0 Å². The molecule has 6 nitrogen and oxygen atoms in total. The van der Waals surface area contributed by atoms with E-state index in [0.717, 1.165) is 89.9 Å². The van der Waals surface area contributed by atoms with Crippen molar-refractivity contribution in [2.24, 2.45) is 0 Å². The molecular formula is C73H130O6. The maximum atomic E-state index is 12.9. The van der Waals surface area contributed by atoms with Gasteiger partial charge in [0.2, 0.25) is 0 Å². The Morgan fingerprint density at radius 1 is 0.266 bits per heavy atom. The molecule has 0 aromatic heterocycles. The van der Waals surface area contributed by atoms with Crippen LogP contribution < -0.4 is 0 Å². The molecule has 1 unspecified atom stereocenters. The number of hydrogen-bond donors (Lipinski definition) is 0. The van der Waals surface area contributed by atoms with Gasteiger partial charge in [0, 0.05) is 19.3 Å². The van der Waals surface area contributed by atoms with E-state index >= 15 is 0 Å². The number of rotatable bonds is 63. The minimum absolute atomic E-state index is 0.0733. The second-order valence-corrected chi connectivity index (χ2v) is 23.1. The Balaban J connectivity index is 4.31. The highest BCUT2D eigenvalue weighted by Crippen LogP contribution is 2.17. The molecule has 79 heavy (non-hydrogen) atoms. The summed E-state index contributed by atoms with van der Waals surface area (Å²) in [7, 11) is 0. The second-order valence-electron chi connectivity index (χ2n) is 23.1. The van der Waals surface area contributed by atoms with Gasteiger partial charge in [-0.2, -0.15) is 0 Å². The van der Waals surface area contributed by atoms with Crippen LogP contribution in [0.1, 0.15) is 355 Å². The summed E-state index contributed by atoms with van der Waals surface area (Å²) < 4.78 is 17.0. The van der Waals surface area contributed by atoms with Crippen molar-refractivity contribution in [1.82, 2.24) is 0 Å². The molecule has 0 aromatic carbocycles. The molecule has 0 aliphatic heterocycles. The molecule has 0 spiro atoms. The first kappa shape index (κ1) is 75.8. The van der Waals surface area contributed by atoms with Gasteiger partial charge in [-0.25, -0.2) is 0 Å². The number of hydrogen-bond acceptors (Lipinski definition) is 6. The lowest BCUT2D eigenvalue weighted by Gasteiger charge is -2.18. The fourth-order valence-electron chi connectivity index (χ4n) is 10.1. The fourth-order valence-corrected chi connectivity index (χ4v) is 10.1. The van der Waals surface area contributed by atoms with Gasteiger partial charge in [0.05, 0.1) is 0 Å². The molecule has 0 amide bonds. The molecule has 0 N–H and O–H groups in total. The van der Waals surface area contributed by atoms with E-state index in [-0.39, 0.29) is 31.1 Å². The Morgan fingerprint density at radius 2 is 0.494 bits per heavy atom. The molecule has 6 heteroatoms. The van der Waals surface area contributed by atoms with Gasteiger partial charge in [-0.15, -0.1) is 0 Å². The van der Waals surface area contributed by atoms with Gasteiger partial charge in [-0.3, -0.25) is 14.4 Å². The molecule has 0 bridgehead atoms. The van der Waals surface area contributed by atoms with Crippen LogP contribution in [0.4, 0.5) is 0 Å². The zero-order valence-corrected chi connectivity index (χ0v) is 52.6. The van der Waals surface area contributed by atoms with Gasteiger partial charge < -0.3 is 14.2 Å². The van der Waals surface area contributed by atoms with Crippen molar-refractivity contribution in [3.63, 3.8) is 0 Å². The first-order valence-electron chi connectivity index (χ1n) is 34.4. The van der Waals surface area contributed by atoms with E-state index in [0.29, 0.717) is 19.3 Å². The Kier molecular flexibility index (Phi) is 64.7. The number of carbonyl (C=O) groups is 3. The first-order valence-corrected chi connectivity index (χ1v) is 34.4. The van der Waals surface area contributed by atoms with E-state index in [2.05, 4.69) is 93.7 Å². The number of allylic oxidation sites excluding steroid dienone is 12. The quantitative estimate of drug-likeness (QED) is 0.0261. The Hall–Kier alpha value is -3.15. The van der Waals surface area contributed by atoms with E-state index < -0.39 is 6.10 Å². The minimum atomic E-state index is -0.778. The van der Waals surface area contributed by atoms with Crippen molar-refractivity contribution in [2.45, 2.75) is 361 Å². The highest BCUT2D eigenvalue weighted by Gasteiger charge is 2.19. The van der Waals surface area contributed by atoms with E-state index in [9.17, 15) is 14.4 Å². The van der Waals surface area contributed by atoms with Gasteiger partial charge >= 0.3 is 17.9 Å². The zero-order valence-electron chi connectivity index (χ0n) is 52.6. The molecule has 0 saturated carbocycles. The molecule has 458 valence electrons. The highest BCUT2D eigenvalue weighted by molar-refractivity contribution is 5.71. The lowest BCUT2D eigenvalue weighted by atomic mass is 10.0. The summed E-state index contributed by atoms with van der Waals surface area (Å²) in [6, 6.07) is 0. The smallest absolute Gasteiger partial charge is 0.306 e. The lowest BCUT2D eigenvalue weighted by Crippen LogP contribution is -2.30. The fraction of sp³-hybridized carbons (Fsp3) is 0.795. The van der Waals surface area contributed by atoms with Crippen molar-refractivity contribution in [1.29, 1.82) is 0 Å². The maximum Gasteiger partial charge on any atom is 0.306 e. The molecule has 1 atom stereocenters. The van der Waals surface area contributed by atoms with Crippen molar-refractivity contribution in [3.8, 4) is 0 Å². The Labute approximate surface area is 491 Å². The van der Waals surface area contributed by atoms with Gasteiger partial charge in [0.25, 0.3) is 0 Å². The monoisotopic (exact) mass is 1100 g/mol. The number of unbranched alkanes of at least 4 members (excludes halogenated alkanes) is 40. The average Bonchev–Trinajstić information content (AvgIpc) is 3.45. The van der Waals surface area contributed by atoms with Gasteiger partial charge in [0.1, 0.15) is 13.2 Å². The Bertz CT molecular complexity index is 1450. The second kappa shape index (κ2) is 67.4. The topological polar surface area (TPSA) is 78.9 Å². The summed E-state index contributed by atoms with van der Waals surface area (Å²) in [5.74, 6) is -0.859. The average molecular weight is 1100 g/mol. The van der Waals surface area contributed by atoms with Crippen LogP contribution in [0.25, 0.3) is 0 Å². The molecule has 0 rings (SSSR count).